The second kappa shape index (κ2) is 6.83. The van der Waals surface area contributed by atoms with Gasteiger partial charge in [0.2, 0.25) is 11.8 Å². The first-order chi connectivity index (χ1) is 13.1. The molecular formula is C16H20N8O3. The number of imidazole rings is 1. The third-order valence-electron chi connectivity index (χ3n) is 4.30. The van der Waals surface area contributed by atoms with E-state index in [4.69, 9.17) is 0 Å². The zero-order valence-corrected chi connectivity index (χ0v) is 14.7. The molecule has 3 aromatic rings. The second-order valence-electron chi connectivity index (χ2n) is 6.46. The number of aromatic amines is 2. The van der Waals surface area contributed by atoms with E-state index in [0.29, 0.717) is 28.9 Å². The van der Waals surface area contributed by atoms with Gasteiger partial charge in [0.05, 0.1) is 24.9 Å². The van der Waals surface area contributed by atoms with Crippen molar-refractivity contribution in [3.63, 3.8) is 0 Å². The molecule has 0 saturated heterocycles. The Balaban J connectivity index is 1.89. The number of rotatable bonds is 6. The lowest BCUT2D eigenvalue weighted by molar-refractivity contribution is 0.271. The number of fused-ring (bicyclic) bond motifs is 1. The molecule has 0 bridgehead atoms. The smallest absolute Gasteiger partial charge is 0.326 e. The highest BCUT2D eigenvalue weighted by molar-refractivity contribution is 5.57. The Hall–Kier alpha value is -3.21. The Kier molecular flexibility index (Phi) is 4.36. The monoisotopic (exact) mass is 372 g/mol. The highest BCUT2D eigenvalue weighted by Gasteiger charge is 2.21. The predicted molar refractivity (Wildman–Crippen MR) is 96.0 cm³/mol. The average Bonchev–Trinajstić information content (AvgIpc) is 3.28. The van der Waals surface area contributed by atoms with Crippen LogP contribution in [0.15, 0.2) is 16.0 Å². The first-order valence-corrected chi connectivity index (χ1v) is 8.77. The van der Waals surface area contributed by atoms with E-state index in [9.17, 15) is 15.0 Å². The van der Waals surface area contributed by atoms with Gasteiger partial charge in [-0.05, 0) is 25.3 Å². The lowest BCUT2D eigenvalue weighted by Crippen LogP contribution is -2.29. The Bertz CT molecular complexity index is 1140. The van der Waals surface area contributed by atoms with Crippen LogP contribution < -0.4 is 21.8 Å². The van der Waals surface area contributed by atoms with E-state index in [1.165, 1.54) is 4.52 Å². The fourth-order valence-corrected chi connectivity index (χ4v) is 2.60. The minimum atomic E-state index is -0.509. The summed E-state index contributed by atoms with van der Waals surface area (Å²) in [6.45, 7) is 1.90. The molecule has 142 valence electrons. The summed E-state index contributed by atoms with van der Waals surface area (Å²) in [4.78, 5) is 29.6. The van der Waals surface area contributed by atoms with Gasteiger partial charge < -0.3 is 20.5 Å². The molecule has 0 aromatic carbocycles. The standard InChI is InChI=1S/C16H20N8O3/c1-2-9(7-25)18-14-21-12-8(5-11-13(26)22-16(27)20-11)6-17-24(12)15(23-14)19-10-3-4-10/h5-6,9-10,25-26H,2-4,7H2,1H3,(H,18,19,23)(H2,20,22,27)/b8-5+. The minimum absolute atomic E-state index is 0.0448. The van der Waals surface area contributed by atoms with Crippen LogP contribution in [-0.4, -0.2) is 58.5 Å². The van der Waals surface area contributed by atoms with Crippen LogP contribution in [-0.2, 0) is 0 Å². The molecule has 3 heterocycles. The van der Waals surface area contributed by atoms with Crippen molar-refractivity contribution in [1.29, 1.82) is 0 Å². The fourth-order valence-electron chi connectivity index (χ4n) is 2.60. The molecule has 11 nitrogen and oxygen atoms in total. The molecule has 1 aliphatic rings. The number of anilines is 1. The molecule has 0 amide bonds. The molecule has 11 heteroatoms. The van der Waals surface area contributed by atoms with E-state index >= 15 is 0 Å². The quantitative estimate of drug-likeness (QED) is 0.358. The highest BCUT2D eigenvalue weighted by atomic mass is 16.3. The van der Waals surface area contributed by atoms with Crippen molar-refractivity contribution < 1.29 is 10.2 Å². The zero-order chi connectivity index (χ0) is 19.0. The minimum Gasteiger partial charge on any atom is -0.493 e. The van der Waals surface area contributed by atoms with Gasteiger partial charge in [0, 0.05) is 5.22 Å². The van der Waals surface area contributed by atoms with Gasteiger partial charge in [0.15, 0.2) is 5.65 Å². The average molecular weight is 372 g/mol. The second-order valence-corrected chi connectivity index (χ2v) is 6.46. The van der Waals surface area contributed by atoms with Crippen LogP contribution in [0, 0.1) is 0 Å². The topological polar surface area (TPSA) is 157 Å². The third-order valence-corrected chi connectivity index (χ3v) is 4.30. The molecule has 3 aromatic heterocycles. The zero-order valence-electron chi connectivity index (χ0n) is 14.7. The predicted octanol–water partition coefficient (Wildman–Crippen LogP) is -1.36. The molecule has 5 N–H and O–H groups in total. The van der Waals surface area contributed by atoms with Crippen LogP contribution in [0.25, 0.3) is 11.7 Å². The van der Waals surface area contributed by atoms with Gasteiger partial charge in [-0.1, -0.05) is 6.92 Å². The molecule has 1 unspecified atom stereocenters. The van der Waals surface area contributed by atoms with Crippen molar-refractivity contribution in [2.75, 3.05) is 11.9 Å². The van der Waals surface area contributed by atoms with Crippen molar-refractivity contribution in [2.24, 2.45) is 4.99 Å². The van der Waals surface area contributed by atoms with Crippen LogP contribution in [0.1, 0.15) is 31.9 Å². The summed E-state index contributed by atoms with van der Waals surface area (Å²) >= 11 is 0. The number of aliphatic hydroxyl groups is 1. The van der Waals surface area contributed by atoms with Gasteiger partial charge in [-0.25, -0.2) is 9.79 Å². The lowest BCUT2D eigenvalue weighted by Gasteiger charge is -2.13. The van der Waals surface area contributed by atoms with Crippen molar-refractivity contribution in [2.45, 2.75) is 38.3 Å². The molecule has 1 fully saturated rings. The number of aliphatic hydroxyl groups excluding tert-OH is 1. The number of nitrogens with zero attached hydrogens (tertiary/aromatic N) is 5. The Labute approximate surface area is 152 Å². The summed E-state index contributed by atoms with van der Waals surface area (Å²) in [5.41, 5.74) is 0.612. The number of aromatic nitrogens is 6. The summed E-state index contributed by atoms with van der Waals surface area (Å²) < 4.78 is 1.52. The maximum atomic E-state index is 11.3. The number of hydrogen-bond acceptors (Lipinski definition) is 8. The molecule has 0 radical (unpaired) electrons. The summed E-state index contributed by atoms with van der Waals surface area (Å²) in [5, 5.41) is 27.2. The maximum absolute atomic E-state index is 11.3. The van der Waals surface area contributed by atoms with Gasteiger partial charge in [0.25, 0.3) is 5.62 Å². The molecule has 0 spiro atoms. The lowest BCUT2D eigenvalue weighted by atomic mass is 10.2. The Morgan fingerprint density at radius 3 is 2.89 bits per heavy atom. The summed E-state index contributed by atoms with van der Waals surface area (Å²) in [7, 11) is 0. The van der Waals surface area contributed by atoms with Crippen molar-refractivity contribution in [3.05, 3.63) is 33.2 Å². The normalized spacial score (nSPS) is 17.0. The van der Waals surface area contributed by atoms with E-state index in [2.05, 4.69) is 35.3 Å². The largest absolute Gasteiger partial charge is 0.493 e. The number of aromatic hydroxyl groups is 1. The van der Waals surface area contributed by atoms with E-state index < -0.39 is 5.69 Å². The van der Waals surface area contributed by atoms with Gasteiger partial charge in [0.1, 0.15) is 5.69 Å². The van der Waals surface area contributed by atoms with Gasteiger partial charge in [-0.3, -0.25) is 4.98 Å². The maximum Gasteiger partial charge on any atom is 0.326 e. The first kappa shape index (κ1) is 17.2. The Morgan fingerprint density at radius 2 is 2.26 bits per heavy atom. The van der Waals surface area contributed by atoms with Crippen LogP contribution in [0.2, 0.25) is 0 Å². The van der Waals surface area contributed by atoms with E-state index in [0.717, 1.165) is 12.8 Å². The first-order valence-electron chi connectivity index (χ1n) is 8.77. The van der Waals surface area contributed by atoms with Gasteiger partial charge in [-0.15, -0.1) is 0 Å². The van der Waals surface area contributed by atoms with Crippen LogP contribution >= 0.6 is 0 Å². The van der Waals surface area contributed by atoms with Gasteiger partial charge in [-0.2, -0.15) is 19.6 Å². The third kappa shape index (κ3) is 3.53. The fraction of sp³-hybridized carbons (Fsp3) is 0.438. The molecule has 4 rings (SSSR count). The molecule has 0 aliphatic heterocycles. The van der Waals surface area contributed by atoms with Crippen molar-refractivity contribution in [3.8, 4) is 5.88 Å². The summed E-state index contributed by atoms with van der Waals surface area (Å²) in [6.07, 6.45) is 5.86. The van der Waals surface area contributed by atoms with Gasteiger partial charge >= 0.3 is 5.69 Å². The highest BCUT2D eigenvalue weighted by Crippen LogP contribution is 2.22. The number of nitrogens with one attached hydrogen (secondary N) is 3. The number of hydrogen-bond donors (Lipinski definition) is 5. The Morgan fingerprint density at radius 1 is 1.44 bits per heavy atom. The molecule has 27 heavy (non-hydrogen) atoms. The molecule has 1 atom stereocenters. The molecule has 1 aliphatic carbocycles. The van der Waals surface area contributed by atoms with Crippen LogP contribution in [0.5, 0.6) is 5.88 Å². The SMILES string of the molecule is CCC(CO)Nc1nc(=NC2CC2)n2nc/c(=C\c3[nH]c(=O)[nH]c3O)c2n1. The van der Waals surface area contributed by atoms with Crippen molar-refractivity contribution in [1.82, 2.24) is 29.5 Å². The summed E-state index contributed by atoms with van der Waals surface area (Å²) in [6, 6.07) is 0.0547. The van der Waals surface area contributed by atoms with E-state index in [1.807, 2.05) is 6.92 Å². The van der Waals surface area contributed by atoms with E-state index in [-0.39, 0.29) is 30.3 Å². The van der Waals surface area contributed by atoms with Crippen LogP contribution in [0.3, 0.4) is 0 Å². The van der Waals surface area contributed by atoms with Crippen molar-refractivity contribution >= 4 is 17.7 Å². The molecular weight excluding hydrogens is 352 g/mol. The summed E-state index contributed by atoms with van der Waals surface area (Å²) in [5.74, 6) is 0.0747. The molecule has 1 saturated carbocycles. The van der Waals surface area contributed by atoms with Crippen LogP contribution in [0.4, 0.5) is 5.95 Å². The van der Waals surface area contributed by atoms with E-state index in [1.54, 1.807) is 12.3 Å². The number of H-pyrrole nitrogens is 2.